The van der Waals surface area contributed by atoms with Crippen LogP contribution in [0.1, 0.15) is 38.3 Å². The number of aliphatic hydroxyl groups excluding tert-OH is 1. The zero-order valence-corrected chi connectivity index (χ0v) is 16.0. The third kappa shape index (κ3) is 5.16. The predicted octanol–water partition coefficient (Wildman–Crippen LogP) is 0.914. The number of nitrogens with zero attached hydrogens (tertiary/aromatic N) is 2. The van der Waals surface area contributed by atoms with Crippen LogP contribution in [0.2, 0.25) is 0 Å². The lowest BCUT2D eigenvalue weighted by Crippen LogP contribution is -2.28. The van der Waals surface area contributed by atoms with E-state index in [1.165, 1.54) is 29.7 Å². The fourth-order valence-electron chi connectivity index (χ4n) is 3.26. The van der Waals surface area contributed by atoms with Gasteiger partial charge in [-0.3, -0.25) is 4.57 Å². The second kappa shape index (κ2) is 8.52. The first-order chi connectivity index (χ1) is 12.3. The highest BCUT2D eigenvalue weighted by molar-refractivity contribution is 8.35. The molecule has 4 N–H and O–H groups in total. The summed E-state index contributed by atoms with van der Waals surface area (Å²) in [5.74, 6) is 0.528. The lowest BCUT2D eigenvalue weighted by atomic mass is 10.1. The lowest BCUT2D eigenvalue weighted by Gasteiger charge is -2.24. The Morgan fingerprint density at radius 2 is 2.08 bits per heavy atom. The monoisotopic (exact) mass is 405 g/mol. The summed E-state index contributed by atoms with van der Waals surface area (Å²) in [6, 6.07) is 1.48. The number of rotatable bonds is 7. The molecule has 1 aliphatic heterocycles. The van der Waals surface area contributed by atoms with Crippen LogP contribution in [0, 0.1) is 5.92 Å². The molecule has 0 spiro atoms. The maximum atomic E-state index is 11.9. The van der Waals surface area contributed by atoms with Crippen LogP contribution < -0.4 is 11.4 Å². The Morgan fingerprint density at radius 3 is 2.77 bits per heavy atom. The van der Waals surface area contributed by atoms with Crippen LogP contribution in [0.5, 0.6) is 0 Å². The van der Waals surface area contributed by atoms with E-state index < -0.39 is 31.3 Å². The van der Waals surface area contributed by atoms with Gasteiger partial charge in [-0.05, 0) is 24.8 Å². The van der Waals surface area contributed by atoms with Gasteiger partial charge in [-0.1, -0.05) is 12.8 Å². The first-order valence-electron chi connectivity index (χ1n) is 8.64. The van der Waals surface area contributed by atoms with Gasteiger partial charge in [0.15, 0.2) is 0 Å². The van der Waals surface area contributed by atoms with Crippen LogP contribution in [0.15, 0.2) is 17.1 Å². The maximum absolute atomic E-state index is 11.9. The van der Waals surface area contributed by atoms with Gasteiger partial charge in [0, 0.05) is 12.6 Å². The van der Waals surface area contributed by atoms with E-state index in [9.17, 15) is 14.8 Å². The number of aliphatic hydroxyl groups is 1. The first-order valence-corrected chi connectivity index (χ1v) is 11.2. The Labute approximate surface area is 157 Å². The van der Waals surface area contributed by atoms with E-state index in [0.717, 1.165) is 12.8 Å². The van der Waals surface area contributed by atoms with E-state index in [1.807, 2.05) is 0 Å². The summed E-state index contributed by atoms with van der Waals surface area (Å²) in [5.41, 5.74) is 4.91. The van der Waals surface area contributed by atoms with Crippen molar-refractivity contribution in [1.29, 1.82) is 0 Å². The number of ether oxygens (including phenoxy) is 1. The Balaban J connectivity index is 1.50. The van der Waals surface area contributed by atoms with Crippen molar-refractivity contribution >= 4 is 25.2 Å². The molecule has 0 radical (unpaired) electrons. The van der Waals surface area contributed by atoms with Crippen LogP contribution >= 0.6 is 7.15 Å². The Hall–Kier alpha value is -0.740. The number of aromatic nitrogens is 2. The summed E-state index contributed by atoms with van der Waals surface area (Å²) in [4.78, 5) is 25.7. The summed E-state index contributed by atoms with van der Waals surface area (Å²) in [6.07, 6.45) is 3.87. The van der Waals surface area contributed by atoms with Crippen LogP contribution in [0.3, 0.4) is 0 Å². The van der Waals surface area contributed by atoms with Crippen molar-refractivity contribution in [3.05, 3.63) is 22.7 Å². The molecular formula is C15H24N3O6PS. The minimum Gasteiger partial charge on any atom is -0.459 e. The van der Waals surface area contributed by atoms with Gasteiger partial charge in [-0.2, -0.15) is 14.0 Å². The summed E-state index contributed by atoms with van der Waals surface area (Å²) >= 11 is 5.02. The zero-order chi connectivity index (χ0) is 18.7. The molecule has 0 amide bonds. The van der Waals surface area contributed by atoms with Crippen molar-refractivity contribution in [3.63, 3.8) is 0 Å². The van der Waals surface area contributed by atoms with Gasteiger partial charge in [0.1, 0.15) is 24.8 Å². The molecule has 1 unspecified atom stereocenters. The average Bonchev–Trinajstić information content (AvgIpc) is 3.21. The van der Waals surface area contributed by atoms with Crippen molar-refractivity contribution in [2.75, 3.05) is 18.9 Å². The summed E-state index contributed by atoms with van der Waals surface area (Å²) in [6.45, 7) is 0.268. The lowest BCUT2D eigenvalue weighted by molar-refractivity contribution is -0.0441. The fourth-order valence-corrected chi connectivity index (χ4v) is 4.44. The van der Waals surface area contributed by atoms with Gasteiger partial charge in [0.25, 0.3) is 7.15 Å². The van der Waals surface area contributed by atoms with Gasteiger partial charge < -0.3 is 27.8 Å². The molecule has 26 heavy (non-hydrogen) atoms. The summed E-state index contributed by atoms with van der Waals surface area (Å²) in [5, 5.41) is 10.2. The number of hydrogen-bond donors (Lipinski definition) is 3. The van der Waals surface area contributed by atoms with E-state index in [-0.39, 0.29) is 18.8 Å². The Bertz CT molecular complexity index is 669. The van der Waals surface area contributed by atoms with Crippen LogP contribution in [-0.2, 0) is 26.0 Å². The van der Waals surface area contributed by atoms with Crippen molar-refractivity contribution < 1.29 is 23.8 Å². The highest BCUT2D eigenvalue weighted by atomic mass is 32.7. The van der Waals surface area contributed by atoms with Gasteiger partial charge >= 0.3 is 5.69 Å². The molecule has 1 aliphatic carbocycles. The average molecular weight is 405 g/mol. The smallest absolute Gasteiger partial charge is 0.351 e. The Morgan fingerprint density at radius 1 is 1.38 bits per heavy atom. The molecule has 2 fully saturated rings. The van der Waals surface area contributed by atoms with Crippen molar-refractivity contribution in [2.45, 2.75) is 50.5 Å². The SMILES string of the molecule is Nc1ccn([C@H]2C[C@H](O)[C@@H](CO[P+](O)([S-])OCC3CCCC3)O2)c(=O)n1. The molecule has 3 rings (SSSR count). The number of hydrogen-bond acceptors (Lipinski definition) is 9. The van der Waals surface area contributed by atoms with E-state index in [2.05, 4.69) is 4.98 Å². The highest BCUT2D eigenvalue weighted by Crippen LogP contribution is 2.55. The molecule has 9 nitrogen and oxygen atoms in total. The summed E-state index contributed by atoms with van der Waals surface area (Å²) in [7, 11) is -3.39. The second-order valence-electron chi connectivity index (χ2n) is 6.69. The van der Waals surface area contributed by atoms with E-state index in [0.29, 0.717) is 12.5 Å². The molecule has 1 aromatic rings. The predicted molar refractivity (Wildman–Crippen MR) is 97.8 cm³/mol. The van der Waals surface area contributed by atoms with E-state index in [4.69, 9.17) is 31.8 Å². The molecule has 0 aromatic carbocycles. The molecule has 146 valence electrons. The van der Waals surface area contributed by atoms with Gasteiger partial charge in [-0.15, -0.1) is 0 Å². The molecular weight excluding hydrogens is 381 g/mol. The van der Waals surface area contributed by atoms with Crippen LogP contribution in [0.25, 0.3) is 0 Å². The molecule has 2 heterocycles. The fraction of sp³-hybridized carbons (Fsp3) is 0.733. The van der Waals surface area contributed by atoms with Gasteiger partial charge in [0.2, 0.25) is 0 Å². The van der Waals surface area contributed by atoms with Crippen LogP contribution in [0.4, 0.5) is 5.82 Å². The largest absolute Gasteiger partial charge is 0.459 e. The van der Waals surface area contributed by atoms with Gasteiger partial charge in [0.05, 0.1) is 12.7 Å². The number of nitrogens with two attached hydrogens (primary N) is 1. The minimum atomic E-state index is -3.39. The molecule has 1 saturated heterocycles. The first kappa shape index (κ1) is 20.0. The maximum Gasteiger partial charge on any atom is 0.351 e. The van der Waals surface area contributed by atoms with Crippen molar-refractivity contribution in [2.24, 2.45) is 5.92 Å². The number of anilines is 1. The van der Waals surface area contributed by atoms with Crippen LogP contribution in [-0.4, -0.2) is 45.0 Å². The second-order valence-corrected chi connectivity index (χ2v) is 9.52. The molecule has 1 aromatic heterocycles. The minimum absolute atomic E-state index is 0.116. The molecule has 1 saturated carbocycles. The number of nitrogen functional groups attached to an aromatic ring is 1. The third-order valence-electron chi connectivity index (χ3n) is 4.72. The van der Waals surface area contributed by atoms with Crippen molar-refractivity contribution in [1.82, 2.24) is 9.55 Å². The van der Waals surface area contributed by atoms with Gasteiger partial charge in [-0.25, -0.2) is 9.69 Å². The van der Waals surface area contributed by atoms with E-state index in [1.54, 1.807) is 0 Å². The quantitative estimate of drug-likeness (QED) is 0.448. The molecule has 0 bridgehead atoms. The standard InChI is InChI=1S/C15H24N3O6PS/c16-13-5-6-18(15(20)17-13)14-7-11(19)12(24-14)9-23-25(21,26)22-8-10-3-1-2-4-10/h5-6,10-12,14,19H,1-4,7-9H2,(H,21,26)(H2,16,17,20)/t11-,12+,14+,25?/m0/s1. The third-order valence-corrected chi connectivity index (χ3v) is 6.30. The summed E-state index contributed by atoms with van der Waals surface area (Å²) < 4.78 is 17.6. The normalized spacial score (nSPS) is 29.1. The van der Waals surface area contributed by atoms with Crippen molar-refractivity contribution in [3.8, 4) is 0 Å². The molecule has 11 heteroatoms. The molecule has 2 aliphatic rings. The highest BCUT2D eigenvalue weighted by Gasteiger charge is 2.38. The van der Waals surface area contributed by atoms with E-state index >= 15 is 0 Å². The molecule has 4 atom stereocenters. The topological polar surface area (TPSA) is 129 Å². The Kier molecular flexibility index (Phi) is 6.55. The zero-order valence-electron chi connectivity index (χ0n) is 14.3.